The largest absolute Gasteiger partial charge is 0.391 e. The first-order valence-electron chi connectivity index (χ1n) is 10.1. The Morgan fingerprint density at radius 1 is 1.29 bits per heavy atom. The number of aliphatic hydroxyl groups excluding tert-OH is 2. The molecule has 7 rings (SSSR count). The first-order chi connectivity index (χ1) is 13.1. The summed E-state index contributed by atoms with van der Waals surface area (Å²) in [6, 6.07) is 0. The average molecular weight is 386 g/mol. The minimum absolute atomic E-state index is 0.188. The molecule has 150 valence electrons. The number of H-pyrrole nitrogens is 1. The number of hydrogen-bond donors (Lipinski definition) is 4. The second-order valence-electron chi connectivity index (χ2n) is 10.3. The number of aliphatic hydroxyl groups is 3. The van der Waals surface area contributed by atoms with E-state index in [-0.39, 0.29) is 29.6 Å². The highest BCUT2D eigenvalue weighted by Gasteiger charge is 2.86. The third kappa shape index (κ3) is 1.39. The lowest BCUT2D eigenvalue weighted by molar-refractivity contribution is -0.429. The van der Waals surface area contributed by atoms with Crippen molar-refractivity contribution in [3.8, 4) is 0 Å². The van der Waals surface area contributed by atoms with Gasteiger partial charge in [0.05, 0.1) is 18.9 Å². The van der Waals surface area contributed by atoms with Gasteiger partial charge in [-0.3, -0.25) is 9.89 Å². The third-order valence-corrected chi connectivity index (χ3v) is 8.97. The second-order valence-corrected chi connectivity index (χ2v) is 10.3. The summed E-state index contributed by atoms with van der Waals surface area (Å²) < 4.78 is 5.97. The van der Waals surface area contributed by atoms with Crippen molar-refractivity contribution < 1.29 is 24.9 Å². The number of fused-ring (bicyclic) bond motifs is 3. The quantitative estimate of drug-likeness (QED) is 0.481. The fraction of sp³-hybridized carbons (Fsp3) is 0.714. The molecule has 2 spiro atoms. The topological polar surface area (TPSA) is 116 Å². The Hall–Kier alpha value is -1.54. The van der Waals surface area contributed by atoms with E-state index in [2.05, 4.69) is 30.6 Å². The molecule has 3 heterocycles. The second kappa shape index (κ2) is 4.61. The minimum Gasteiger partial charge on any atom is -0.391 e. The van der Waals surface area contributed by atoms with Crippen molar-refractivity contribution in [2.24, 2.45) is 28.6 Å². The Balaban J connectivity index is 1.71. The monoisotopic (exact) mass is 386 g/mol. The SMILES string of the molecule is C=C1C(=O)[C@]23[C@H](O)[C@H]1CC[C@H]2[C@@]12CO[C@]3(O)[C@@H](O)[C@@H]1C(C)(C)Cc1cn[nH]c12. The molecule has 0 aromatic carbocycles. The summed E-state index contributed by atoms with van der Waals surface area (Å²) in [4.78, 5) is 13.5. The van der Waals surface area contributed by atoms with Gasteiger partial charge >= 0.3 is 0 Å². The molecule has 4 N–H and O–H groups in total. The maximum absolute atomic E-state index is 13.5. The van der Waals surface area contributed by atoms with E-state index in [0.29, 0.717) is 24.8 Å². The summed E-state index contributed by atoms with van der Waals surface area (Å²) in [6.07, 6.45) is 1.42. The highest BCUT2D eigenvalue weighted by molar-refractivity contribution is 6.05. The normalized spacial score (nSPS) is 53.0. The maximum Gasteiger partial charge on any atom is 0.208 e. The van der Waals surface area contributed by atoms with Crippen LogP contribution in [0.3, 0.4) is 0 Å². The van der Waals surface area contributed by atoms with E-state index in [9.17, 15) is 20.1 Å². The molecule has 8 atom stereocenters. The van der Waals surface area contributed by atoms with Crippen LogP contribution in [-0.2, 0) is 21.4 Å². The average Bonchev–Trinajstić information content (AvgIpc) is 3.12. The molecule has 1 aromatic heterocycles. The van der Waals surface area contributed by atoms with Crippen LogP contribution in [0, 0.1) is 28.6 Å². The predicted molar refractivity (Wildman–Crippen MR) is 97.0 cm³/mol. The Morgan fingerprint density at radius 2 is 2.04 bits per heavy atom. The Labute approximate surface area is 162 Å². The van der Waals surface area contributed by atoms with E-state index >= 15 is 0 Å². The zero-order valence-electron chi connectivity index (χ0n) is 16.1. The molecular weight excluding hydrogens is 360 g/mol. The van der Waals surface area contributed by atoms with Gasteiger partial charge in [0.2, 0.25) is 5.79 Å². The standard InChI is InChI=1S/C21H26N2O5/c1-9-11-4-5-12-19-8-28-21(27,20(12,15(9)24)16(11)25)17(26)13(19)18(2,3)6-10-7-22-23-14(10)19/h7,11-13,16-17,25-27H,1,4-6,8H2,2-3H3,(H,22,23)/t11-,12-,13+,16+,17-,19-,20-,21+/m0/s1. The van der Waals surface area contributed by atoms with Gasteiger partial charge in [-0.2, -0.15) is 5.10 Å². The summed E-state index contributed by atoms with van der Waals surface area (Å²) in [5, 5.41) is 42.0. The van der Waals surface area contributed by atoms with Crippen molar-refractivity contribution in [2.45, 2.75) is 56.5 Å². The Kier molecular flexibility index (Phi) is 2.86. The lowest BCUT2D eigenvalue weighted by atomic mass is 9.36. The smallest absolute Gasteiger partial charge is 0.208 e. The van der Waals surface area contributed by atoms with Crippen molar-refractivity contribution in [1.29, 1.82) is 0 Å². The molecule has 28 heavy (non-hydrogen) atoms. The molecule has 4 bridgehead atoms. The van der Waals surface area contributed by atoms with Crippen molar-refractivity contribution >= 4 is 5.78 Å². The van der Waals surface area contributed by atoms with Gasteiger partial charge in [-0.25, -0.2) is 0 Å². The van der Waals surface area contributed by atoms with Crippen LogP contribution >= 0.6 is 0 Å². The van der Waals surface area contributed by atoms with Gasteiger partial charge < -0.3 is 20.1 Å². The first-order valence-corrected chi connectivity index (χ1v) is 10.1. The van der Waals surface area contributed by atoms with Crippen LogP contribution in [0.25, 0.3) is 0 Å². The van der Waals surface area contributed by atoms with Crippen LogP contribution < -0.4 is 0 Å². The van der Waals surface area contributed by atoms with E-state index in [0.717, 1.165) is 11.3 Å². The lowest BCUT2D eigenvalue weighted by Gasteiger charge is -2.73. The van der Waals surface area contributed by atoms with Gasteiger partial charge in [-0.05, 0) is 41.7 Å². The minimum atomic E-state index is -2.12. The van der Waals surface area contributed by atoms with Crippen molar-refractivity contribution in [2.75, 3.05) is 6.61 Å². The number of nitrogens with one attached hydrogen (secondary N) is 1. The van der Waals surface area contributed by atoms with Crippen LogP contribution in [0.15, 0.2) is 18.3 Å². The van der Waals surface area contributed by atoms with E-state index in [1.165, 1.54) is 0 Å². The van der Waals surface area contributed by atoms with Crippen LogP contribution in [0.2, 0.25) is 0 Å². The zero-order valence-corrected chi connectivity index (χ0v) is 16.1. The van der Waals surface area contributed by atoms with Crippen LogP contribution in [0.1, 0.15) is 37.9 Å². The summed E-state index contributed by atoms with van der Waals surface area (Å²) in [7, 11) is 0. The molecule has 0 unspecified atom stereocenters. The number of rotatable bonds is 0. The molecule has 4 aliphatic carbocycles. The van der Waals surface area contributed by atoms with Crippen molar-refractivity contribution in [1.82, 2.24) is 10.2 Å². The molecule has 0 radical (unpaired) electrons. The van der Waals surface area contributed by atoms with Crippen LogP contribution in [0.5, 0.6) is 0 Å². The highest BCUT2D eigenvalue weighted by Crippen LogP contribution is 2.75. The molecule has 2 saturated heterocycles. The van der Waals surface area contributed by atoms with Crippen molar-refractivity contribution in [3.05, 3.63) is 29.6 Å². The predicted octanol–water partition coefficient (Wildman–Crippen LogP) is 0.452. The fourth-order valence-electron chi connectivity index (χ4n) is 8.20. The molecule has 3 saturated carbocycles. The molecular formula is C21H26N2O5. The van der Waals surface area contributed by atoms with Gasteiger partial charge in [0, 0.05) is 22.9 Å². The number of ether oxygens (including phenoxy) is 1. The number of carbonyl (C=O) groups is 1. The number of nitrogens with zero attached hydrogens (tertiary/aromatic N) is 1. The van der Waals surface area contributed by atoms with E-state index in [4.69, 9.17) is 4.74 Å². The maximum atomic E-state index is 13.5. The summed E-state index contributed by atoms with van der Waals surface area (Å²) >= 11 is 0. The first kappa shape index (κ1) is 17.3. The molecule has 7 nitrogen and oxygen atoms in total. The number of aromatic amines is 1. The summed E-state index contributed by atoms with van der Waals surface area (Å²) in [5.41, 5.74) is -0.352. The highest BCUT2D eigenvalue weighted by atomic mass is 16.6. The zero-order chi connectivity index (χ0) is 19.9. The molecule has 6 aliphatic rings. The van der Waals surface area contributed by atoms with Gasteiger partial charge in [0.1, 0.15) is 11.5 Å². The van der Waals surface area contributed by atoms with Crippen LogP contribution in [0.4, 0.5) is 0 Å². The molecule has 0 amide bonds. The molecule has 5 fully saturated rings. The van der Waals surface area contributed by atoms with Gasteiger partial charge in [-0.1, -0.05) is 20.4 Å². The Bertz CT molecular complexity index is 939. The Morgan fingerprint density at radius 3 is 2.79 bits per heavy atom. The molecule has 2 aliphatic heterocycles. The number of aromatic nitrogens is 2. The van der Waals surface area contributed by atoms with E-state index in [1.54, 1.807) is 0 Å². The van der Waals surface area contributed by atoms with E-state index < -0.39 is 34.7 Å². The van der Waals surface area contributed by atoms with Gasteiger partial charge in [0.15, 0.2) is 5.78 Å². The summed E-state index contributed by atoms with van der Waals surface area (Å²) in [6.45, 7) is 8.31. The number of ketones is 1. The van der Waals surface area contributed by atoms with Gasteiger partial charge in [-0.15, -0.1) is 0 Å². The fourth-order valence-corrected chi connectivity index (χ4v) is 8.20. The summed E-state index contributed by atoms with van der Waals surface area (Å²) in [5.74, 6) is -3.55. The van der Waals surface area contributed by atoms with Crippen molar-refractivity contribution in [3.63, 3.8) is 0 Å². The lowest BCUT2D eigenvalue weighted by Crippen LogP contribution is -2.85. The number of carbonyl (C=O) groups excluding carboxylic acids is 1. The third-order valence-electron chi connectivity index (χ3n) is 8.97. The molecule has 1 aromatic rings. The van der Waals surface area contributed by atoms with Crippen LogP contribution in [-0.4, -0.2) is 55.9 Å². The number of Topliss-reactive ketones (excluding diaryl/α,β-unsaturated/α-hetero) is 1. The molecule has 7 heteroatoms. The number of hydrogen-bond acceptors (Lipinski definition) is 6. The van der Waals surface area contributed by atoms with Gasteiger partial charge in [0.25, 0.3) is 0 Å². The van der Waals surface area contributed by atoms with E-state index in [1.807, 2.05) is 6.20 Å².